The first-order valence-corrected chi connectivity index (χ1v) is 9.77. The highest BCUT2D eigenvalue weighted by Gasteiger charge is 2.18. The zero-order valence-corrected chi connectivity index (χ0v) is 17.9. The third-order valence-electron chi connectivity index (χ3n) is 4.91. The predicted molar refractivity (Wildman–Crippen MR) is 114 cm³/mol. The van der Waals surface area contributed by atoms with E-state index >= 15 is 0 Å². The molecule has 1 unspecified atom stereocenters. The second-order valence-corrected chi connectivity index (χ2v) is 7.47. The average Bonchev–Trinajstić information content (AvgIpc) is 3.10. The lowest BCUT2D eigenvalue weighted by Crippen LogP contribution is -2.23. The van der Waals surface area contributed by atoms with Gasteiger partial charge in [0.05, 0.1) is 12.6 Å². The standard InChI is InChI=1S/C22H29N3O5/c1-23(2)11-9-16-14-25(20-8-7-18(28-4)12-19(16)20)22(27)30-15-29-21(26)17-6-5-10-24(3)13-17/h5,7-8,10,12-14,21,26H,6,9,11,15H2,1-4H3. The number of carbonyl (C=O) groups excluding carboxylic acids is 1. The number of aliphatic hydroxyl groups excluding tert-OH is 1. The van der Waals surface area contributed by atoms with Crippen LogP contribution in [-0.2, 0) is 15.9 Å². The van der Waals surface area contributed by atoms with Crippen LogP contribution in [0.4, 0.5) is 4.79 Å². The molecule has 1 aromatic carbocycles. The summed E-state index contributed by atoms with van der Waals surface area (Å²) in [6.07, 6.45) is 7.06. The van der Waals surface area contributed by atoms with Crippen LogP contribution in [0.2, 0.25) is 0 Å². The lowest BCUT2D eigenvalue weighted by Gasteiger charge is -2.20. The van der Waals surface area contributed by atoms with Gasteiger partial charge in [0.25, 0.3) is 0 Å². The van der Waals surface area contributed by atoms with Crippen molar-refractivity contribution < 1.29 is 24.1 Å². The van der Waals surface area contributed by atoms with Gasteiger partial charge in [-0.1, -0.05) is 6.08 Å². The van der Waals surface area contributed by atoms with E-state index in [0.29, 0.717) is 12.0 Å². The maximum atomic E-state index is 12.7. The average molecular weight is 415 g/mol. The second-order valence-electron chi connectivity index (χ2n) is 7.47. The summed E-state index contributed by atoms with van der Waals surface area (Å²) in [5.74, 6) is 0.728. The maximum Gasteiger partial charge on any atom is 0.420 e. The Morgan fingerprint density at radius 3 is 2.83 bits per heavy atom. The lowest BCUT2D eigenvalue weighted by molar-refractivity contribution is -0.132. The number of benzene rings is 1. The molecule has 3 rings (SSSR count). The Kier molecular flexibility index (Phi) is 7.15. The van der Waals surface area contributed by atoms with Gasteiger partial charge in [0.15, 0.2) is 13.1 Å². The van der Waals surface area contributed by atoms with Gasteiger partial charge in [-0.05, 0) is 56.9 Å². The monoisotopic (exact) mass is 415 g/mol. The van der Waals surface area contributed by atoms with Gasteiger partial charge in [-0.15, -0.1) is 0 Å². The van der Waals surface area contributed by atoms with E-state index in [2.05, 4.69) is 4.90 Å². The maximum absolute atomic E-state index is 12.7. The molecule has 1 aliphatic rings. The van der Waals surface area contributed by atoms with Gasteiger partial charge < -0.3 is 29.1 Å². The van der Waals surface area contributed by atoms with Crippen molar-refractivity contribution >= 4 is 17.0 Å². The summed E-state index contributed by atoms with van der Waals surface area (Å²) < 4.78 is 17.4. The van der Waals surface area contributed by atoms with E-state index in [0.717, 1.165) is 35.2 Å². The van der Waals surface area contributed by atoms with Crippen molar-refractivity contribution in [1.29, 1.82) is 0 Å². The van der Waals surface area contributed by atoms with E-state index in [4.69, 9.17) is 14.2 Å². The Hall–Kier alpha value is -2.81. The Morgan fingerprint density at radius 2 is 2.13 bits per heavy atom. The molecule has 2 aromatic rings. The number of fused-ring (bicyclic) bond motifs is 1. The number of hydrogen-bond acceptors (Lipinski definition) is 7. The molecule has 2 heterocycles. The van der Waals surface area contributed by atoms with Gasteiger partial charge in [0.1, 0.15) is 5.75 Å². The molecule has 0 amide bonds. The second kappa shape index (κ2) is 9.80. The fourth-order valence-corrected chi connectivity index (χ4v) is 3.30. The van der Waals surface area contributed by atoms with E-state index in [1.54, 1.807) is 19.5 Å². The molecule has 0 fully saturated rings. The molecular formula is C22H29N3O5. The van der Waals surface area contributed by atoms with Gasteiger partial charge in [-0.3, -0.25) is 4.57 Å². The van der Waals surface area contributed by atoms with Crippen molar-refractivity contribution in [3.05, 3.63) is 54.0 Å². The van der Waals surface area contributed by atoms with Gasteiger partial charge in [0.2, 0.25) is 0 Å². The van der Waals surface area contributed by atoms with Crippen molar-refractivity contribution in [2.45, 2.75) is 19.1 Å². The molecule has 0 spiro atoms. The summed E-state index contributed by atoms with van der Waals surface area (Å²) in [4.78, 5) is 16.6. The van der Waals surface area contributed by atoms with Crippen molar-refractivity contribution in [3.63, 3.8) is 0 Å². The van der Waals surface area contributed by atoms with Gasteiger partial charge in [-0.2, -0.15) is 0 Å². The number of aromatic nitrogens is 1. The fourth-order valence-electron chi connectivity index (χ4n) is 3.30. The topological polar surface area (TPSA) is 76.4 Å². The third kappa shape index (κ3) is 5.21. The molecule has 1 N–H and O–H groups in total. The molecule has 162 valence electrons. The molecule has 0 bridgehead atoms. The molecule has 0 saturated heterocycles. The minimum Gasteiger partial charge on any atom is -0.497 e. The van der Waals surface area contributed by atoms with Crippen LogP contribution in [0, 0.1) is 0 Å². The molecule has 1 aromatic heterocycles. The Morgan fingerprint density at radius 1 is 1.33 bits per heavy atom. The number of rotatable bonds is 8. The third-order valence-corrected chi connectivity index (χ3v) is 4.91. The minimum absolute atomic E-state index is 0.354. The van der Waals surface area contributed by atoms with Crippen LogP contribution in [0.25, 0.3) is 10.9 Å². The van der Waals surface area contributed by atoms with E-state index in [1.165, 1.54) is 4.57 Å². The number of ether oxygens (including phenoxy) is 3. The molecule has 30 heavy (non-hydrogen) atoms. The molecule has 0 aliphatic carbocycles. The number of carbonyl (C=O) groups is 1. The SMILES string of the molecule is COc1ccc2c(c1)c(CCN(C)C)cn2C(=O)OCOC(O)C1=CN(C)C=CC1. The van der Waals surface area contributed by atoms with E-state index in [9.17, 15) is 9.90 Å². The van der Waals surface area contributed by atoms with Crippen LogP contribution < -0.4 is 4.74 Å². The zero-order valence-electron chi connectivity index (χ0n) is 17.9. The van der Waals surface area contributed by atoms with E-state index in [-0.39, 0.29) is 6.79 Å². The van der Waals surface area contributed by atoms with Crippen molar-refractivity contribution in [2.75, 3.05) is 41.6 Å². The zero-order chi connectivity index (χ0) is 21.7. The first kappa shape index (κ1) is 21.9. The Bertz CT molecular complexity index is 948. The Labute approximate surface area is 176 Å². The molecule has 1 atom stereocenters. The number of methoxy groups -OCH3 is 1. The summed E-state index contributed by atoms with van der Waals surface area (Å²) in [5, 5.41) is 11.1. The van der Waals surface area contributed by atoms with E-state index < -0.39 is 12.4 Å². The number of nitrogens with zero attached hydrogens (tertiary/aromatic N) is 3. The van der Waals surface area contributed by atoms with Gasteiger partial charge in [-0.25, -0.2) is 4.79 Å². The first-order chi connectivity index (χ1) is 14.4. The van der Waals surface area contributed by atoms with E-state index in [1.807, 2.05) is 56.5 Å². The molecule has 1 aliphatic heterocycles. The summed E-state index contributed by atoms with van der Waals surface area (Å²) in [6.45, 7) is 0.492. The summed E-state index contributed by atoms with van der Waals surface area (Å²) >= 11 is 0. The normalized spacial score (nSPS) is 14.9. The number of hydrogen-bond donors (Lipinski definition) is 1. The molecule has 8 heteroatoms. The Balaban J connectivity index is 1.69. The molecule has 0 radical (unpaired) electrons. The van der Waals surface area contributed by atoms with Crippen molar-refractivity contribution in [2.24, 2.45) is 0 Å². The lowest BCUT2D eigenvalue weighted by atomic mass is 10.1. The minimum atomic E-state index is -1.13. The van der Waals surface area contributed by atoms with Crippen molar-refractivity contribution in [3.8, 4) is 5.75 Å². The van der Waals surface area contributed by atoms with Crippen LogP contribution in [0.5, 0.6) is 5.75 Å². The highest BCUT2D eigenvalue weighted by atomic mass is 16.7. The highest BCUT2D eigenvalue weighted by Crippen LogP contribution is 2.27. The van der Waals surface area contributed by atoms with Gasteiger partial charge >= 0.3 is 6.09 Å². The van der Waals surface area contributed by atoms with Crippen molar-refractivity contribution in [1.82, 2.24) is 14.4 Å². The smallest absolute Gasteiger partial charge is 0.420 e. The first-order valence-electron chi connectivity index (χ1n) is 9.77. The summed E-state index contributed by atoms with van der Waals surface area (Å²) in [6, 6.07) is 5.56. The van der Waals surface area contributed by atoms with Crippen LogP contribution in [0.3, 0.4) is 0 Å². The fraction of sp³-hybridized carbons (Fsp3) is 0.409. The van der Waals surface area contributed by atoms with Crippen LogP contribution in [-0.4, -0.2) is 73.4 Å². The van der Waals surface area contributed by atoms with Gasteiger partial charge in [0, 0.05) is 36.9 Å². The highest BCUT2D eigenvalue weighted by molar-refractivity contribution is 5.92. The summed E-state index contributed by atoms with van der Waals surface area (Å²) in [5.41, 5.74) is 2.45. The largest absolute Gasteiger partial charge is 0.497 e. The molecule has 8 nitrogen and oxygen atoms in total. The van der Waals surface area contributed by atoms with Crippen LogP contribution >= 0.6 is 0 Å². The van der Waals surface area contributed by atoms with Crippen LogP contribution in [0.1, 0.15) is 12.0 Å². The summed E-state index contributed by atoms with van der Waals surface area (Å²) in [7, 11) is 7.49. The predicted octanol–water partition coefficient (Wildman–Crippen LogP) is 2.76. The number of likely N-dealkylation sites (N-methyl/N-ethyl adjacent to an activating group) is 1. The molecule has 0 saturated carbocycles. The quantitative estimate of drug-likeness (QED) is 0.665. The number of allylic oxidation sites excluding steroid dienone is 1. The van der Waals surface area contributed by atoms with Crippen LogP contribution in [0.15, 0.2) is 48.4 Å². The molecular weight excluding hydrogens is 386 g/mol. The number of aliphatic hydroxyl groups is 1.